The largest absolute Gasteiger partial charge is 0.261 e. The molecule has 0 unspecified atom stereocenters. The Morgan fingerprint density at radius 3 is 2.89 bits per heavy atom. The summed E-state index contributed by atoms with van der Waals surface area (Å²) in [5, 5.41) is 0. The quantitative estimate of drug-likeness (QED) is 0.558. The van der Waals surface area contributed by atoms with Gasteiger partial charge in [-0.1, -0.05) is 19.9 Å². The second kappa shape index (κ2) is 2.62. The minimum atomic E-state index is 0.422. The van der Waals surface area contributed by atoms with Crippen molar-refractivity contribution in [3.63, 3.8) is 0 Å². The van der Waals surface area contributed by atoms with Crippen molar-refractivity contribution in [1.82, 2.24) is 4.98 Å². The van der Waals surface area contributed by atoms with Gasteiger partial charge in [0, 0.05) is 11.9 Å². The van der Waals surface area contributed by atoms with E-state index >= 15 is 0 Å². The number of nitrogens with zero attached hydrogens (tertiary/aromatic N) is 1. The molecule has 0 aliphatic heterocycles. The highest BCUT2D eigenvalue weighted by Crippen LogP contribution is 2.08. The molecule has 0 radical (unpaired) electrons. The molecular weight excluding hydrogens is 110 g/mol. The monoisotopic (exact) mass is 123 g/mol. The smallest absolute Gasteiger partial charge is 0.0624 e. The van der Waals surface area contributed by atoms with Crippen LogP contribution in [0.2, 0.25) is 0 Å². The zero-order chi connectivity index (χ0) is 7.56. The van der Waals surface area contributed by atoms with Crippen molar-refractivity contribution in [1.29, 1.82) is 0 Å². The molecule has 0 saturated heterocycles. The third kappa shape index (κ3) is 1.53. The molecule has 9 heavy (non-hydrogen) atoms. The van der Waals surface area contributed by atoms with Crippen LogP contribution in [0.3, 0.4) is 0 Å². The topological polar surface area (TPSA) is 12.9 Å². The van der Waals surface area contributed by atoms with Gasteiger partial charge in [0.1, 0.15) is 0 Å². The maximum atomic E-state index is 7.29. The van der Waals surface area contributed by atoms with E-state index in [1.807, 2.05) is 0 Å². The summed E-state index contributed by atoms with van der Waals surface area (Å²) in [6.45, 7) is 4.14. The average Bonchev–Trinajstić information content (AvgIpc) is 1.88. The van der Waals surface area contributed by atoms with Crippen LogP contribution in [0.1, 0.15) is 26.8 Å². The predicted octanol–water partition coefficient (Wildman–Crippen LogP) is 2.21. The van der Waals surface area contributed by atoms with Crippen LogP contribution >= 0.6 is 0 Å². The van der Waals surface area contributed by atoms with E-state index in [0.717, 1.165) is 5.69 Å². The first-order chi connectivity index (χ1) is 4.70. The van der Waals surface area contributed by atoms with Gasteiger partial charge in [0.2, 0.25) is 0 Å². The summed E-state index contributed by atoms with van der Waals surface area (Å²) in [5.41, 5.74) is 0.993. The molecule has 1 heteroatoms. The molecule has 0 bridgehead atoms. The zero-order valence-electron chi connectivity index (χ0n) is 6.76. The lowest BCUT2D eigenvalue weighted by molar-refractivity contribution is 0.823. The summed E-state index contributed by atoms with van der Waals surface area (Å²) in [5.74, 6) is 0.422. The molecule has 0 spiro atoms. The molecule has 1 rings (SSSR count). The van der Waals surface area contributed by atoms with E-state index in [0.29, 0.717) is 12.0 Å². The zero-order valence-corrected chi connectivity index (χ0v) is 5.76. The van der Waals surface area contributed by atoms with Gasteiger partial charge >= 0.3 is 0 Å². The Kier molecular flexibility index (Phi) is 1.45. The van der Waals surface area contributed by atoms with Gasteiger partial charge in [0.15, 0.2) is 0 Å². The molecule has 0 amide bonds. The van der Waals surface area contributed by atoms with Crippen LogP contribution in [0.4, 0.5) is 0 Å². The second-order valence-corrected chi connectivity index (χ2v) is 2.34. The molecule has 0 atom stereocenters. The SMILES string of the molecule is [3H]c1ccnc(C(C)C)c1. The van der Waals surface area contributed by atoms with Gasteiger partial charge in [0.05, 0.1) is 1.37 Å². The minimum Gasteiger partial charge on any atom is -0.261 e. The molecule has 48 valence electrons. The average molecular weight is 123 g/mol. The molecular formula is C8H11N. The third-order valence-corrected chi connectivity index (χ3v) is 1.22. The van der Waals surface area contributed by atoms with E-state index in [1.54, 1.807) is 18.3 Å². The highest BCUT2D eigenvalue weighted by atomic mass is 14.7. The van der Waals surface area contributed by atoms with E-state index in [2.05, 4.69) is 18.8 Å². The Bertz CT molecular complexity index is 220. The first-order valence-corrected chi connectivity index (χ1v) is 3.12. The van der Waals surface area contributed by atoms with E-state index in [1.165, 1.54) is 0 Å². The van der Waals surface area contributed by atoms with Gasteiger partial charge in [-0.25, -0.2) is 0 Å². The van der Waals surface area contributed by atoms with E-state index < -0.39 is 0 Å². The van der Waals surface area contributed by atoms with Crippen molar-refractivity contribution in [2.45, 2.75) is 19.8 Å². The first-order valence-electron chi connectivity index (χ1n) is 3.62. The van der Waals surface area contributed by atoms with Crippen molar-refractivity contribution in [2.24, 2.45) is 0 Å². The lowest BCUT2D eigenvalue weighted by Crippen LogP contribution is -1.88. The summed E-state index contributed by atoms with van der Waals surface area (Å²) >= 11 is 0. The fraction of sp³-hybridized carbons (Fsp3) is 0.375. The molecule has 0 N–H and O–H groups in total. The maximum absolute atomic E-state index is 7.29. The van der Waals surface area contributed by atoms with Crippen LogP contribution in [-0.4, -0.2) is 4.98 Å². The number of aromatic nitrogens is 1. The molecule has 0 aliphatic carbocycles. The van der Waals surface area contributed by atoms with Crippen LogP contribution in [0, 0.1) is 0 Å². The number of hydrogen-bond donors (Lipinski definition) is 0. The van der Waals surface area contributed by atoms with E-state index in [-0.39, 0.29) is 0 Å². The highest BCUT2D eigenvalue weighted by Gasteiger charge is 1.95. The summed E-state index contributed by atoms with van der Waals surface area (Å²) in [6, 6.07) is 4.02. The molecule has 0 saturated carbocycles. The molecule has 1 aromatic heterocycles. The third-order valence-electron chi connectivity index (χ3n) is 1.22. The van der Waals surface area contributed by atoms with Crippen molar-refractivity contribution < 1.29 is 1.37 Å². The fourth-order valence-corrected chi connectivity index (χ4v) is 0.653. The van der Waals surface area contributed by atoms with Gasteiger partial charge in [-0.3, -0.25) is 4.98 Å². The van der Waals surface area contributed by atoms with E-state index in [4.69, 9.17) is 1.37 Å². The van der Waals surface area contributed by atoms with Crippen LogP contribution in [0.5, 0.6) is 0 Å². The van der Waals surface area contributed by atoms with Crippen LogP contribution in [0.15, 0.2) is 24.4 Å². The Morgan fingerprint density at radius 1 is 1.67 bits per heavy atom. The second-order valence-electron chi connectivity index (χ2n) is 2.34. The number of pyridine rings is 1. The Labute approximate surface area is 57.2 Å². The lowest BCUT2D eigenvalue weighted by Gasteiger charge is -2.00. The molecule has 1 nitrogen and oxygen atoms in total. The normalized spacial score (nSPS) is 11.7. The molecule has 1 aromatic rings. The molecule has 0 aliphatic rings. The lowest BCUT2D eigenvalue weighted by atomic mass is 10.1. The minimum absolute atomic E-state index is 0.422. The van der Waals surface area contributed by atoms with Gasteiger partial charge in [-0.15, -0.1) is 0 Å². The number of rotatable bonds is 1. The van der Waals surface area contributed by atoms with Crippen LogP contribution < -0.4 is 0 Å². The molecule has 0 aromatic carbocycles. The van der Waals surface area contributed by atoms with Crippen LogP contribution in [0.25, 0.3) is 0 Å². The summed E-state index contributed by atoms with van der Waals surface area (Å²) in [4.78, 5) is 4.12. The highest BCUT2D eigenvalue weighted by molar-refractivity contribution is 5.06. The van der Waals surface area contributed by atoms with Crippen LogP contribution in [-0.2, 0) is 0 Å². The molecule has 1 heterocycles. The van der Waals surface area contributed by atoms with Gasteiger partial charge in [0.25, 0.3) is 0 Å². The Hall–Kier alpha value is -0.850. The number of hydrogen-bond acceptors (Lipinski definition) is 1. The Morgan fingerprint density at radius 2 is 2.44 bits per heavy atom. The summed E-state index contributed by atoms with van der Waals surface area (Å²) in [7, 11) is 0. The standard InChI is InChI=1S/C8H11N/c1-7(2)8-5-3-4-6-9-8/h3-7H,1-2H3/i3T. The van der Waals surface area contributed by atoms with Crippen molar-refractivity contribution >= 4 is 0 Å². The summed E-state index contributed by atoms with van der Waals surface area (Å²) in [6.07, 6.45) is 1.68. The van der Waals surface area contributed by atoms with Crippen molar-refractivity contribution in [2.75, 3.05) is 0 Å². The van der Waals surface area contributed by atoms with Gasteiger partial charge < -0.3 is 0 Å². The van der Waals surface area contributed by atoms with Crippen molar-refractivity contribution in [3.8, 4) is 0 Å². The van der Waals surface area contributed by atoms with Gasteiger partial charge in [-0.2, -0.15) is 0 Å². The maximum Gasteiger partial charge on any atom is 0.0624 e. The summed E-state index contributed by atoms with van der Waals surface area (Å²) < 4.78 is 7.29. The predicted molar refractivity (Wildman–Crippen MR) is 38.3 cm³/mol. The van der Waals surface area contributed by atoms with Gasteiger partial charge in [-0.05, 0) is 18.1 Å². The fourth-order valence-electron chi connectivity index (χ4n) is 0.653. The first kappa shape index (κ1) is 4.98. The molecule has 0 fully saturated rings. The van der Waals surface area contributed by atoms with E-state index in [9.17, 15) is 0 Å². The van der Waals surface area contributed by atoms with Crippen molar-refractivity contribution in [3.05, 3.63) is 30.1 Å². The Balaban J connectivity index is 2.96.